The minimum absolute atomic E-state index is 0.169. The second-order valence-corrected chi connectivity index (χ2v) is 10.0. The molecule has 2 aromatic rings. The zero-order valence-electron chi connectivity index (χ0n) is 21.3. The molecule has 0 spiro atoms. The number of carboxylic acids is 1. The van der Waals surface area contributed by atoms with Crippen LogP contribution < -0.4 is 4.90 Å². The Labute approximate surface area is 216 Å². The van der Waals surface area contributed by atoms with Crippen molar-refractivity contribution in [2.75, 3.05) is 25.0 Å². The van der Waals surface area contributed by atoms with Crippen molar-refractivity contribution in [2.45, 2.75) is 63.5 Å². The molecule has 2 aliphatic rings. The lowest BCUT2D eigenvalue weighted by Gasteiger charge is -2.40. The highest BCUT2D eigenvalue weighted by Gasteiger charge is 2.48. The molecule has 1 saturated heterocycles. The van der Waals surface area contributed by atoms with Crippen molar-refractivity contribution in [3.8, 4) is 11.4 Å². The quantitative estimate of drug-likeness (QED) is 0.502. The van der Waals surface area contributed by atoms with Gasteiger partial charge in [-0.2, -0.15) is 0 Å². The summed E-state index contributed by atoms with van der Waals surface area (Å²) >= 11 is 0. The topological polar surface area (TPSA) is 114 Å². The van der Waals surface area contributed by atoms with Gasteiger partial charge in [-0.15, -0.1) is 5.10 Å². The highest BCUT2D eigenvalue weighted by Crippen LogP contribution is 2.40. The van der Waals surface area contributed by atoms with Gasteiger partial charge in [0.25, 0.3) is 11.8 Å². The number of ether oxygens (including phenoxy) is 1. The average Bonchev–Trinajstić information content (AvgIpc) is 3.18. The molecule has 208 valence electrons. The second kappa shape index (κ2) is 10.4. The number of aromatic nitrogens is 4. The molecule has 3 heterocycles. The number of amides is 1. The number of piperidine rings is 1. The van der Waals surface area contributed by atoms with Gasteiger partial charge in [0.15, 0.2) is 0 Å². The summed E-state index contributed by atoms with van der Waals surface area (Å²) in [5.74, 6) is -7.63. The third-order valence-corrected chi connectivity index (χ3v) is 7.00. The van der Waals surface area contributed by atoms with E-state index in [4.69, 9.17) is 9.84 Å². The van der Waals surface area contributed by atoms with Crippen LogP contribution in [-0.4, -0.2) is 80.1 Å². The van der Waals surface area contributed by atoms with Gasteiger partial charge in [-0.05, 0) is 24.5 Å². The Morgan fingerprint density at radius 1 is 1.18 bits per heavy atom. The SMILES string of the molecule is CCc1nc(-c2nnn(C)c2COC(=O)N(C)C2CC(F)(F)C2)ccc1N1CC(CC(=O)O)CC(F)(F)C1. The van der Waals surface area contributed by atoms with Crippen LogP contribution >= 0.6 is 0 Å². The minimum Gasteiger partial charge on any atom is -0.481 e. The van der Waals surface area contributed by atoms with Gasteiger partial charge in [-0.25, -0.2) is 32.0 Å². The molecular weight excluding hydrogens is 512 g/mol. The highest BCUT2D eigenvalue weighted by atomic mass is 19.3. The van der Waals surface area contributed by atoms with Gasteiger partial charge in [-0.1, -0.05) is 12.1 Å². The van der Waals surface area contributed by atoms with Crippen LogP contribution in [0.2, 0.25) is 0 Å². The molecule has 0 radical (unpaired) electrons. The van der Waals surface area contributed by atoms with Gasteiger partial charge in [0.2, 0.25) is 0 Å². The monoisotopic (exact) mass is 542 g/mol. The van der Waals surface area contributed by atoms with Crippen molar-refractivity contribution in [3.63, 3.8) is 0 Å². The van der Waals surface area contributed by atoms with Crippen LogP contribution in [-0.2, 0) is 29.6 Å². The van der Waals surface area contributed by atoms with Crippen LogP contribution in [0.4, 0.5) is 28.0 Å². The first-order valence-electron chi connectivity index (χ1n) is 12.3. The Morgan fingerprint density at radius 3 is 2.53 bits per heavy atom. The molecule has 1 saturated carbocycles. The van der Waals surface area contributed by atoms with Crippen molar-refractivity contribution in [2.24, 2.45) is 13.0 Å². The van der Waals surface area contributed by atoms with Crippen LogP contribution in [0.3, 0.4) is 0 Å². The molecule has 2 fully saturated rings. The summed E-state index contributed by atoms with van der Waals surface area (Å²) < 4.78 is 61.9. The van der Waals surface area contributed by atoms with E-state index < -0.39 is 61.7 Å². The van der Waals surface area contributed by atoms with Crippen LogP contribution in [0.15, 0.2) is 12.1 Å². The summed E-state index contributed by atoms with van der Waals surface area (Å²) in [5, 5.41) is 17.2. The summed E-state index contributed by atoms with van der Waals surface area (Å²) in [7, 11) is 3.01. The number of aryl methyl sites for hydroxylation is 2. The molecule has 1 N–H and O–H groups in total. The highest BCUT2D eigenvalue weighted by molar-refractivity contribution is 5.69. The number of rotatable bonds is 8. The molecule has 1 atom stereocenters. The molecule has 10 nitrogen and oxygen atoms in total. The predicted octanol–water partition coefficient (Wildman–Crippen LogP) is 3.74. The van der Waals surface area contributed by atoms with E-state index in [-0.39, 0.29) is 19.6 Å². The Morgan fingerprint density at radius 2 is 1.89 bits per heavy atom. The van der Waals surface area contributed by atoms with Gasteiger partial charge in [-0.3, -0.25) is 4.79 Å². The lowest BCUT2D eigenvalue weighted by atomic mass is 9.87. The number of carboxylic acid groups (broad SMARTS) is 1. The van der Waals surface area contributed by atoms with Gasteiger partial charge < -0.3 is 19.6 Å². The maximum Gasteiger partial charge on any atom is 0.410 e. The predicted molar refractivity (Wildman–Crippen MR) is 127 cm³/mol. The second-order valence-electron chi connectivity index (χ2n) is 10.0. The van der Waals surface area contributed by atoms with E-state index >= 15 is 0 Å². The molecule has 0 bridgehead atoms. The van der Waals surface area contributed by atoms with Gasteiger partial charge in [0.05, 0.1) is 30.0 Å². The van der Waals surface area contributed by atoms with E-state index in [1.165, 1.54) is 16.6 Å². The molecule has 14 heteroatoms. The van der Waals surface area contributed by atoms with Crippen LogP contribution in [0, 0.1) is 5.92 Å². The fourth-order valence-electron chi connectivity index (χ4n) is 4.97. The lowest BCUT2D eigenvalue weighted by Crippen LogP contribution is -2.51. The summed E-state index contributed by atoms with van der Waals surface area (Å²) in [6.45, 7) is 1.23. The number of carbonyl (C=O) groups is 2. The zero-order chi connectivity index (χ0) is 27.8. The molecule has 2 aromatic heterocycles. The molecule has 1 aliphatic carbocycles. The number of halogens is 4. The standard InChI is InChI=1S/C24H30F4N6O4/c1-4-16-18(34-11-14(7-20(35)36)8-24(27,28)13-34)6-5-17(29-16)21-19(33(3)31-30-21)12-38-22(37)32(2)15-9-23(25,26)10-15/h5-6,14-15H,4,7-13H2,1-3H3,(H,35,36). The van der Waals surface area contributed by atoms with Crippen LogP contribution in [0.5, 0.6) is 0 Å². The van der Waals surface area contributed by atoms with E-state index in [1.54, 1.807) is 19.2 Å². The van der Waals surface area contributed by atoms with Crippen molar-refractivity contribution >= 4 is 17.7 Å². The maximum absolute atomic E-state index is 14.4. The summed E-state index contributed by atoms with van der Waals surface area (Å²) in [6.07, 6.45) is -1.99. The first-order chi connectivity index (χ1) is 17.8. The molecule has 4 rings (SSSR count). The van der Waals surface area contributed by atoms with E-state index in [2.05, 4.69) is 15.3 Å². The molecule has 38 heavy (non-hydrogen) atoms. The molecule has 0 aromatic carbocycles. The van der Waals surface area contributed by atoms with E-state index in [0.717, 1.165) is 4.90 Å². The Bertz CT molecular complexity index is 1200. The fraction of sp³-hybridized carbons (Fsp3) is 0.625. The lowest BCUT2D eigenvalue weighted by molar-refractivity contribution is -0.139. The van der Waals surface area contributed by atoms with Crippen molar-refractivity contribution < 1.29 is 37.0 Å². The Hall–Kier alpha value is -3.45. The van der Waals surface area contributed by atoms with E-state index in [1.807, 2.05) is 6.92 Å². The normalized spacial score (nSPS) is 20.6. The number of anilines is 1. The largest absolute Gasteiger partial charge is 0.481 e. The number of nitrogens with zero attached hydrogens (tertiary/aromatic N) is 6. The Kier molecular flexibility index (Phi) is 7.53. The first-order valence-corrected chi connectivity index (χ1v) is 12.3. The molecule has 1 amide bonds. The number of hydrogen-bond acceptors (Lipinski definition) is 7. The van der Waals surface area contributed by atoms with Crippen molar-refractivity contribution in [3.05, 3.63) is 23.5 Å². The zero-order valence-corrected chi connectivity index (χ0v) is 21.3. The number of hydrogen-bond donors (Lipinski definition) is 1. The molecular formula is C24H30F4N6O4. The Balaban J connectivity index is 1.51. The summed E-state index contributed by atoms with van der Waals surface area (Å²) in [6, 6.07) is 2.65. The van der Waals surface area contributed by atoms with Gasteiger partial charge in [0, 0.05) is 45.9 Å². The minimum atomic E-state index is -3.04. The summed E-state index contributed by atoms with van der Waals surface area (Å²) in [4.78, 5) is 30.8. The third kappa shape index (κ3) is 5.99. The smallest absolute Gasteiger partial charge is 0.410 e. The average molecular weight is 543 g/mol. The maximum atomic E-state index is 14.4. The van der Waals surface area contributed by atoms with Crippen molar-refractivity contribution in [1.29, 1.82) is 0 Å². The molecule has 1 unspecified atom stereocenters. The van der Waals surface area contributed by atoms with Crippen molar-refractivity contribution in [1.82, 2.24) is 24.9 Å². The van der Waals surface area contributed by atoms with Crippen LogP contribution in [0.1, 0.15) is 44.0 Å². The summed E-state index contributed by atoms with van der Waals surface area (Å²) in [5.41, 5.74) is 2.14. The van der Waals surface area contributed by atoms with Crippen LogP contribution in [0.25, 0.3) is 11.4 Å². The number of alkyl halides is 4. The third-order valence-electron chi connectivity index (χ3n) is 7.00. The van der Waals surface area contributed by atoms with E-state index in [9.17, 15) is 27.2 Å². The molecule has 1 aliphatic heterocycles. The van der Waals surface area contributed by atoms with Gasteiger partial charge >= 0.3 is 12.1 Å². The van der Waals surface area contributed by atoms with E-state index in [0.29, 0.717) is 34.9 Å². The first kappa shape index (κ1) is 27.6. The fourth-order valence-corrected chi connectivity index (χ4v) is 4.97. The number of carbonyl (C=O) groups excluding carboxylic acids is 1. The number of aliphatic carboxylic acids is 1. The number of pyridine rings is 1. The van der Waals surface area contributed by atoms with Gasteiger partial charge in [0.1, 0.15) is 18.0 Å².